The van der Waals surface area contributed by atoms with E-state index in [1.807, 2.05) is 36.4 Å². The van der Waals surface area contributed by atoms with Crippen molar-refractivity contribution in [2.24, 2.45) is 0 Å². The first-order chi connectivity index (χ1) is 13.7. The number of rotatable bonds is 4. The smallest absolute Gasteiger partial charge is 0.338 e. The molecule has 5 heteroatoms. The van der Waals surface area contributed by atoms with Gasteiger partial charge < -0.3 is 5.11 Å². The van der Waals surface area contributed by atoms with Gasteiger partial charge in [0.15, 0.2) is 0 Å². The van der Waals surface area contributed by atoms with Crippen molar-refractivity contribution >= 4 is 0 Å². The van der Waals surface area contributed by atoms with Crippen molar-refractivity contribution in [2.45, 2.75) is 44.6 Å². The molecule has 0 saturated heterocycles. The van der Waals surface area contributed by atoms with Crippen LogP contribution in [0.4, 0.5) is 0 Å². The van der Waals surface area contributed by atoms with Gasteiger partial charge in [0.1, 0.15) is 0 Å². The predicted octanol–water partition coefficient (Wildman–Crippen LogP) is 3.80. The van der Waals surface area contributed by atoms with Gasteiger partial charge in [0.25, 0.3) is 5.56 Å². The second kappa shape index (κ2) is 7.89. The van der Waals surface area contributed by atoms with Crippen molar-refractivity contribution in [2.75, 3.05) is 0 Å². The number of benzene rings is 2. The topological polar surface area (TPSA) is 64.2 Å². The van der Waals surface area contributed by atoms with Crippen LogP contribution in [0.1, 0.15) is 49.3 Å². The van der Waals surface area contributed by atoms with Gasteiger partial charge in [-0.1, -0.05) is 67.8 Å². The Kier molecular flexibility index (Phi) is 5.15. The normalized spacial score (nSPS) is 14.9. The molecule has 0 amide bonds. The lowest BCUT2D eigenvalue weighted by Gasteiger charge is -2.26. The Morgan fingerprint density at radius 1 is 0.857 bits per heavy atom. The molecule has 0 bridgehead atoms. The minimum atomic E-state index is -0.461. The second-order valence-electron chi connectivity index (χ2n) is 7.39. The molecule has 0 atom stereocenters. The van der Waals surface area contributed by atoms with E-state index in [2.05, 4.69) is 0 Å². The maximum absolute atomic E-state index is 13.3. The Bertz CT molecular complexity index is 1060. The highest BCUT2D eigenvalue weighted by atomic mass is 16.3. The molecular formula is C23H24N2O3. The van der Waals surface area contributed by atoms with Crippen LogP contribution in [0, 0.1) is 0 Å². The van der Waals surface area contributed by atoms with Gasteiger partial charge in [-0.2, -0.15) is 0 Å². The summed E-state index contributed by atoms with van der Waals surface area (Å²) in [5.74, 6) is -0.182. The molecule has 5 nitrogen and oxygen atoms in total. The van der Waals surface area contributed by atoms with Gasteiger partial charge in [0.05, 0.1) is 11.3 Å². The second-order valence-corrected chi connectivity index (χ2v) is 7.39. The zero-order valence-corrected chi connectivity index (χ0v) is 15.8. The van der Waals surface area contributed by atoms with E-state index in [0.29, 0.717) is 5.69 Å². The first kappa shape index (κ1) is 18.3. The molecule has 0 aliphatic heterocycles. The fourth-order valence-electron chi connectivity index (χ4n) is 4.09. The number of nitrogens with zero attached hydrogens (tertiary/aromatic N) is 2. The van der Waals surface area contributed by atoms with Gasteiger partial charge in [-0.15, -0.1) is 0 Å². The number of hydrogen-bond acceptors (Lipinski definition) is 3. The summed E-state index contributed by atoms with van der Waals surface area (Å²) in [6.07, 6.45) is 5.15. The van der Waals surface area contributed by atoms with Crippen LogP contribution in [0.15, 0.2) is 70.3 Å². The van der Waals surface area contributed by atoms with Crippen molar-refractivity contribution in [3.05, 3.63) is 92.6 Å². The third-order valence-corrected chi connectivity index (χ3v) is 5.53. The zero-order valence-electron chi connectivity index (χ0n) is 15.8. The van der Waals surface area contributed by atoms with E-state index in [-0.39, 0.29) is 23.9 Å². The average Bonchev–Trinajstić information content (AvgIpc) is 2.74. The highest BCUT2D eigenvalue weighted by molar-refractivity contribution is 5.37. The number of hydrogen-bond donors (Lipinski definition) is 1. The highest BCUT2D eigenvalue weighted by Crippen LogP contribution is 2.31. The molecule has 1 heterocycles. The molecule has 1 aliphatic rings. The van der Waals surface area contributed by atoms with Crippen molar-refractivity contribution in [1.29, 1.82) is 0 Å². The quantitative estimate of drug-likeness (QED) is 0.753. The summed E-state index contributed by atoms with van der Waals surface area (Å²) in [5, 5.41) is 11.0. The molecule has 3 aromatic rings. The predicted molar refractivity (Wildman–Crippen MR) is 109 cm³/mol. The molecule has 0 spiro atoms. The summed E-state index contributed by atoms with van der Waals surface area (Å²) < 4.78 is 2.65. The molecule has 1 N–H and O–H groups in total. The number of para-hydroxylation sites is 1. The average molecular weight is 376 g/mol. The van der Waals surface area contributed by atoms with Crippen molar-refractivity contribution in [1.82, 2.24) is 9.13 Å². The van der Waals surface area contributed by atoms with E-state index in [1.54, 1.807) is 24.3 Å². The van der Waals surface area contributed by atoms with Gasteiger partial charge in [0, 0.05) is 12.5 Å². The largest absolute Gasteiger partial charge is 0.494 e. The molecule has 1 fully saturated rings. The lowest BCUT2D eigenvalue weighted by molar-refractivity contribution is 0.293. The lowest BCUT2D eigenvalue weighted by Crippen LogP contribution is -2.42. The Labute approximate surface area is 163 Å². The lowest BCUT2D eigenvalue weighted by atomic mass is 9.95. The molecule has 4 rings (SSSR count). The van der Waals surface area contributed by atoms with Crippen LogP contribution in [-0.4, -0.2) is 14.2 Å². The molecule has 1 saturated carbocycles. The Morgan fingerprint density at radius 2 is 1.46 bits per heavy atom. The molecule has 0 unspecified atom stereocenters. The highest BCUT2D eigenvalue weighted by Gasteiger charge is 2.26. The molecule has 0 radical (unpaired) electrons. The van der Waals surface area contributed by atoms with Gasteiger partial charge >= 0.3 is 5.69 Å². The van der Waals surface area contributed by atoms with Crippen LogP contribution in [0.5, 0.6) is 5.88 Å². The molecule has 1 aromatic heterocycles. The first-order valence-corrected chi connectivity index (χ1v) is 9.85. The number of aromatic nitrogens is 2. The van der Waals surface area contributed by atoms with E-state index in [0.717, 1.165) is 37.7 Å². The van der Waals surface area contributed by atoms with Gasteiger partial charge in [0.2, 0.25) is 5.88 Å². The SMILES string of the molecule is O=c1c(Cc2ccccc2)c(O)n(C2CCCCC2)c(=O)n1-c1ccccc1. The Balaban J connectivity index is 1.94. The van der Waals surface area contributed by atoms with Crippen LogP contribution < -0.4 is 11.2 Å². The first-order valence-electron chi connectivity index (χ1n) is 9.85. The summed E-state index contributed by atoms with van der Waals surface area (Å²) in [7, 11) is 0. The third-order valence-electron chi connectivity index (χ3n) is 5.53. The minimum absolute atomic E-state index is 0.0775. The van der Waals surface area contributed by atoms with Gasteiger partial charge in [-0.3, -0.25) is 9.36 Å². The van der Waals surface area contributed by atoms with Crippen LogP contribution in [0.25, 0.3) is 5.69 Å². The van der Waals surface area contributed by atoms with Crippen molar-refractivity contribution in [3.8, 4) is 11.6 Å². The zero-order chi connectivity index (χ0) is 19.5. The molecule has 28 heavy (non-hydrogen) atoms. The Morgan fingerprint density at radius 3 is 2.11 bits per heavy atom. The fourth-order valence-corrected chi connectivity index (χ4v) is 4.09. The van der Waals surface area contributed by atoms with E-state index >= 15 is 0 Å². The Hall–Kier alpha value is -3.08. The molecular weight excluding hydrogens is 352 g/mol. The van der Waals surface area contributed by atoms with E-state index in [9.17, 15) is 14.7 Å². The van der Waals surface area contributed by atoms with Gasteiger partial charge in [-0.25, -0.2) is 9.36 Å². The standard InChI is InChI=1S/C23H24N2O3/c26-21-20(16-17-10-4-1-5-11-17)22(27)25(19-14-8-3-9-15-19)23(28)24(21)18-12-6-2-7-13-18/h1-2,4-7,10-13,19,27H,3,8-9,14-16H2. The van der Waals surface area contributed by atoms with E-state index in [1.165, 1.54) is 9.13 Å². The summed E-state index contributed by atoms with van der Waals surface area (Å²) in [5.41, 5.74) is 0.793. The van der Waals surface area contributed by atoms with Crippen LogP contribution in [-0.2, 0) is 6.42 Å². The number of aromatic hydroxyl groups is 1. The molecule has 2 aromatic carbocycles. The van der Waals surface area contributed by atoms with E-state index < -0.39 is 11.2 Å². The summed E-state index contributed by atoms with van der Waals surface area (Å²) in [6, 6.07) is 18.4. The van der Waals surface area contributed by atoms with Crippen LogP contribution in [0.2, 0.25) is 0 Å². The maximum Gasteiger partial charge on any atom is 0.338 e. The summed E-state index contributed by atoms with van der Waals surface area (Å²) in [6.45, 7) is 0. The minimum Gasteiger partial charge on any atom is -0.494 e. The third kappa shape index (κ3) is 3.40. The van der Waals surface area contributed by atoms with Crippen molar-refractivity contribution in [3.63, 3.8) is 0 Å². The van der Waals surface area contributed by atoms with Gasteiger partial charge in [-0.05, 0) is 30.5 Å². The summed E-state index contributed by atoms with van der Waals surface area (Å²) in [4.78, 5) is 26.5. The fraction of sp³-hybridized carbons (Fsp3) is 0.304. The summed E-state index contributed by atoms with van der Waals surface area (Å²) >= 11 is 0. The van der Waals surface area contributed by atoms with Crippen molar-refractivity contribution < 1.29 is 5.11 Å². The molecule has 1 aliphatic carbocycles. The van der Waals surface area contributed by atoms with Crippen LogP contribution >= 0.6 is 0 Å². The monoisotopic (exact) mass is 376 g/mol. The van der Waals surface area contributed by atoms with Crippen LogP contribution in [0.3, 0.4) is 0 Å². The van der Waals surface area contributed by atoms with E-state index in [4.69, 9.17) is 0 Å². The molecule has 144 valence electrons. The maximum atomic E-state index is 13.3.